The zero-order chi connectivity index (χ0) is 19.6. The van der Waals surface area contributed by atoms with Gasteiger partial charge in [0.25, 0.3) is 0 Å². The van der Waals surface area contributed by atoms with E-state index < -0.39 is 0 Å². The SMILES string of the molecule is CCNC(=NCCCc1nnc2ccccn12)NCCCN1CCC(C)CC1.I. The van der Waals surface area contributed by atoms with E-state index in [9.17, 15) is 0 Å². The number of pyridine rings is 1. The van der Waals surface area contributed by atoms with Crippen molar-refractivity contribution in [2.45, 2.75) is 46.0 Å². The third-order valence-corrected chi connectivity index (χ3v) is 5.38. The minimum absolute atomic E-state index is 0. The number of nitrogens with zero attached hydrogens (tertiary/aromatic N) is 5. The summed E-state index contributed by atoms with van der Waals surface area (Å²) < 4.78 is 2.05. The monoisotopic (exact) mass is 513 g/mol. The molecule has 0 unspecified atom stereocenters. The van der Waals surface area contributed by atoms with E-state index in [0.29, 0.717) is 0 Å². The van der Waals surface area contributed by atoms with Crippen LogP contribution in [-0.2, 0) is 6.42 Å². The van der Waals surface area contributed by atoms with E-state index in [2.05, 4.69) is 44.0 Å². The number of hydrogen-bond acceptors (Lipinski definition) is 4. The largest absolute Gasteiger partial charge is 0.357 e. The maximum absolute atomic E-state index is 4.71. The number of aryl methyl sites for hydroxylation is 1. The van der Waals surface area contributed by atoms with Crippen LogP contribution < -0.4 is 10.6 Å². The third kappa shape index (κ3) is 7.73. The quantitative estimate of drug-likeness (QED) is 0.234. The normalized spacial score (nSPS) is 16.0. The first kappa shape index (κ1) is 23.9. The number of guanidine groups is 1. The van der Waals surface area contributed by atoms with E-state index in [-0.39, 0.29) is 24.0 Å². The lowest BCUT2D eigenvalue weighted by Crippen LogP contribution is -2.39. The lowest BCUT2D eigenvalue weighted by molar-refractivity contribution is 0.191. The molecule has 162 valence electrons. The second-order valence-electron chi connectivity index (χ2n) is 7.71. The summed E-state index contributed by atoms with van der Waals surface area (Å²) in [7, 11) is 0. The number of fused-ring (bicyclic) bond motifs is 1. The van der Waals surface area contributed by atoms with Gasteiger partial charge in [0.2, 0.25) is 0 Å². The summed E-state index contributed by atoms with van der Waals surface area (Å²) in [6.45, 7) is 10.8. The van der Waals surface area contributed by atoms with Gasteiger partial charge in [-0.2, -0.15) is 0 Å². The molecule has 0 saturated carbocycles. The van der Waals surface area contributed by atoms with Crippen molar-refractivity contribution in [3.63, 3.8) is 0 Å². The molecule has 1 aliphatic heterocycles. The molecule has 1 fully saturated rings. The molecule has 0 amide bonds. The Balaban J connectivity index is 0.00000300. The Bertz CT molecular complexity index is 737. The van der Waals surface area contributed by atoms with Crippen LogP contribution >= 0.6 is 24.0 Å². The summed E-state index contributed by atoms with van der Waals surface area (Å²) in [6.07, 6.45) is 7.70. The molecular formula is C21H36IN7. The minimum atomic E-state index is 0. The van der Waals surface area contributed by atoms with Gasteiger partial charge < -0.3 is 15.5 Å². The summed E-state index contributed by atoms with van der Waals surface area (Å²) in [5, 5.41) is 15.3. The van der Waals surface area contributed by atoms with Crippen LogP contribution in [0.5, 0.6) is 0 Å². The van der Waals surface area contributed by atoms with E-state index in [4.69, 9.17) is 4.99 Å². The predicted molar refractivity (Wildman–Crippen MR) is 130 cm³/mol. The zero-order valence-electron chi connectivity index (χ0n) is 17.8. The fourth-order valence-corrected chi connectivity index (χ4v) is 3.63. The van der Waals surface area contributed by atoms with Crippen LogP contribution in [0.2, 0.25) is 0 Å². The average Bonchev–Trinajstić information content (AvgIpc) is 3.13. The molecule has 0 aliphatic carbocycles. The van der Waals surface area contributed by atoms with Gasteiger partial charge in [-0.15, -0.1) is 34.2 Å². The van der Waals surface area contributed by atoms with Crippen molar-refractivity contribution in [2.24, 2.45) is 10.9 Å². The van der Waals surface area contributed by atoms with Crippen LogP contribution in [0.15, 0.2) is 29.4 Å². The Morgan fingerprint density at radius 3 is 2.79 bits per heavy atom. The first-order chi connectivity index (χ1) is 13.8. The van der Waals surface area contributed by atoms with Crippen LogP contribution in [0.3, 0.4) is 0 Å². The van der Waals surface area contributed by atoms with Crippen LogP contribution in [0.25, 0.3) is 5.65 Å². The molecule has 0 aromatic carbocycles. The first-order valence-electron chi connectivity index (χ1n) is 10.8. The van der Waals surface area contributed by atoms with E-state index >= 15 is 0 Å². The lowest BCUT2D eigenvalue weighted by atomic mass is 9.99. The number of aliphatic imine (C=N–C) groups is 1. The highest BCUT2D eigenvalue weighted by Gasteiger charge is 2.14. The fourth-order valence-electron chi connectivity index (χ4n) is 3.63. The van der Waals surface area contributed by atoms with Gasteiger partial charge in [-0.25, -0.2) is 0 Å². The lowest BCUT2D eigenvalue weighted by Gasteiger charge is -2.30. The van der Waals surface area contributed by atoms with E-state index in [0.717, 1.165) is 62.2 Å². The number of aromatic nitrogens is 3. The van der Waals surface area contributed by atoms with Crippen molar-refractivity contribution in [1.82, 2.24) is 30.1 Å². The molecule has 2 aromatic heterocycles. The number of halogens is 1. The van der Waals surface area contributed by atoms with Gasteiger partial charge in [0, 0.05) is 32.3 Å². The number of rotatable bonds is 9. The molecule has 2 aromatic rings. The molecule has 1 saturated heterocycles. The standard InChI is InChI=1S/C21H35N7.HI/c1-3-22-21(24-13-7-14-27-16-10-18(2)11-17-27)23-12-6-9-20-26-25-19-8-4-5-15-28(19)20;/h4-5,8,15,18H,3,6-7,9-14,16-17H2,1-2H3,(H2,22,23,24);1H. The number of likely N-dealkylation sites (tertiary alicyclic amines) is 1. The Hall–Kier alpha value is -1.42. The van der Waals surface area contributed by atoms with Gasteiger partial charge in [0.05, 0.1) is 0 Å². The van der Waals surface area contributed by atoms with Crippen LogP contribution in [-0.4, -0.2) is 64.7 Å². The molecule has 29 heavy (non-hydrogen) atoms. The molecule has 1 aliphatic rings. The van der Waals surface area contributed by atoms with Gasteiger partial charge in [0.15, 0.2) is 11.6 Å². The molecule has 0 spiro atoms. The van der Waals surface area contributed by atoms with Crippen molar-refractivity contribution in [3.8, 4) is 0 Å². The van der Waals surface area contributed by atoms with E-state index in [1.165, 1.54) is 32.5 Å². The molecular weight excluding hydrogens is 477 g/mol. The highest BCUT2D eigenvalue weighted by molar-refractivity contribution is 14.0. The van der Waals surface area contributed by atoms with Crippen molar-refractivity contribution in [2.75, 3.05) is 39.3 Å². The van der Waals surface area contributed by atoms with Crippen LogP contribution in [0.4, 0.5) is 0 Å². The van der Waals surface area contributed by atoms with Crippen molar-refractivity contribution >= 4 is 35.6 Å². The molecule has 8 heteroatoms. The van der Waals surface area contributed by atoms with Crippen LogP contribution in [0, 0.1) is 5.92 Å². The Morgan fingerprint density at radius 2 is 2.00 bits per heavy atom. The van der Waals surface area contributed by atoms with E-state index in [1.807, 2.05) is 24.4 Å². The Morgan fingerprint density at radius 1 is 1.17 bits per heavy atom. The molecule has 0 bridgehead atoms. The highest BCUT2D eigenvalue weighted by atomic mass is 127. The summed E-state index contributed by atoms with van der Waals surface area (Å²) in [4.78, 5) is 7.30. The fraction of sp³-hybridized carbons (Fsp3) is 0.667. The Kier molecular flexibility index (Phi) is 10.7. The van der Waals surface area contributed by atoms with Gasteiger partial charge in [0.1, 0.15) is 5.82 Å². The maximum Gasteiger partial charge on any atom is 0.191 e. The zero-order valence-corrected chi connectivity index (χ0v) is 20.1. The predicted octanol–water partition coefficient (Wildman–Crippen LogP) is 2.96. The van der Waals surface area contributed by atoms with Gasteiger partial charge in [-0.05, 0) is 70.3 Å². The average molecular weight is 513 g/mol. The van der Waals surface area contributed by atoms with Crippen molar-refractivity contribution in [3.05, 3.63) is 30.2 Å². The highest BCUT2D eigenvalue weighted by Crippen LogP contribution is 2.15. The minimum Gasteiger partial charge on any atom is -0.357 e. The summed E-state index contributed by atoms with van der Waals surface area (Å²) in [5.41, 5.74) is 0.902. The molecule has 0 atom stereocenters. The summed E-state index contributed by atoms with van der Waals surface area (Å²) >= 11 is 0. The van der Waals surface area contributed by atoms with Crippen LogP contribution in [0.1, 0.15) is 45.4 Å². The topological polar surface area (TPSA) is 69.8 Å². The van der Waals surface area contributed by atoms with Crippen molar-refractivity contribution < 1.29 is 0 Å². The molecule has 7 nitrogen and oxygen atoms in total. The maximum atomic E-state index is 4.71. The van der Waals surface area contributed by atoms with E-state index in [1.54, 1.807) is 0 Å². The summed E-state index contributed by atoms with van der Waals surface area (Å²) in [6, 6.07) is 5.97. The van der Waals surface area contributed by atoms with Gasteiger partial charge in [-0.3, -0.25) is 9.39 Å². The molecule has 3 rings (SSSR count). The number of nitrogens with one attached hydrogen (secondary N) is 2. The molecule has 2 N–H and O–H groups in total. The summed E-state index contributed by atoms with van der Waals surface area (Å²) in [5.74, 6) is 2.82. The smallest absolute Gasteiger partial charge is 0.191 e. The molecule has 3 heterocycles. The third-order valence-electron chi connectivity index (χ3n) is 5.38. The van der Waals surface area contributed by atoms with Gasteiger partial charge >= 0.3 is 0 Å². The Labute approximate surface area is 191 Å². The van der Waals surface area contributed by atoms with Gasteiger partial charge in [-0.1, -0.05) is 13.0 Å². The first-order valence-corrected chi connectivity index (χ1v) is 10.8. The molecule has 0 radical (unpaired) electrons. The second kappa shape index (κ2) is 13.0. The number of hydrogen-bond donors (Lipinski definition) is 2. The van der Waals surface area contributed by atoms with Crippen molar-refractivity contribution in [1.29, 1.82) is 0 Å². The second-order valence-corrected chi connectivity index (χ2v) is 7.71. The number of piperidine rings is 1.